The van der Waals surface area contributed by atoms with Crippen LogP contribution in [0.25, 0.3) is 0 Å². The molecule has 6 nitrogen and oxygen atoms in total. The molecule has 0 atom stereocenters. The molecule has 0 saturated carbocycles. The smallest absolute Gasteiger partial charge is 0.387 e. The van der Waals surface area contributed by atoms with Gasteiger partial charge in [-0.2, -0.15) is 13.9 Å². The molecule has 1 heterocycles. The third-order valence-corrected chi connectivity index (χ3v) is 2.86. The molecule has 0 saturated heterocycles. The number of benzene rings is 1. The maximum atomic E-state index is 12.3. The number of carbonyl (C=O) groups excluding carboxylic acids is 1. The van der Waals surface area contributed by atoms with E-state index < -0.39 is 12.5 Å². The van der Waals surface area contributed by atoms with Crippen molar-refractivity contribution < 1.29 is 27.5 Å². The van der Waals surface area contributed by atoms with Crippen molar-refractivity contribution in [3.63, 3.8) is 0 Å². The molecule has 9 heteroatoms. The molecular formula is C14H11ClF2N2O4. The monoisotopic (exact) mass is 344 g/mol. The first-order valence-corrected chi connectivity index (χ1v) is 6.58. The van der Waals surface area contributed by atoms with Gasteiger partial charge in [-0.25, -0.2) is 5.43 Å². The van der Waals surface area contributed by atoms with Crippen LogP contribution in [-0.4, -0.2) is 25.8 Å². The fourth-order valence-electron chi connectivity index (χ4n) is 1.65. The summed E-state index contributed by atoms with van der Waals surface area (Å²) in [4.78, 5) is 11.6. The first kappa shape index (κ1) is 16.8. The van der Waals surface area contributed by atoms with Gasteiger partial charge in [0.1, 0.15) is 0 Å². The Morgan fingerprint density at radius 1 is 1.48 bits per heavy atom. The van der Waals surface area contributed by atoms with E-state index in [0.717, 1.165) is 0 Å². The van der Waals surface area contributed by atoms with Gasteiger partial charge in [-0.15, -0.1) is 0 Å². The second-order valence-electron chi connectivity index (χ2n) is 4.09. The lowest BCUT2D eigenvalue weighted by Crippen LogP contribution is -2.16. The standard InChI is InChI=1S/C14H11ClF2N2O4/c1-21-11-6-8(5-9(15)12(11)23-14(16)17)7-18-19-13(20)10-3-2-4-22-10/h2-7,14H,1H3,(H,19,20)/b18-7-. The van der Waals surface area contributed by atoms with Gasteiger partial charge in [-0.1, -0.05) is 11.6 Å². The molecule has 0 unspecified atom stereocenters. The Morgan fingerprint density at radius 2 is 2.26 bits per heavy atom. The number of hydrazone groups is 1. The number of amides is 1. The number of halogens is 3. The average molecular weight is 345 g/mol. The molecular weight excluding hydrogens is 334 g/mol. The molecule has 0 bridgehead atoms. The number of hydrogen-bond donors (Lipinski definition) is 1. The van der Waals surface area contributed by atoms with Crippen LogP contribution in [0.1, 0.15) is 16.1 Å². The summed E-state index contributed by atoms with van der Waals surface area (Å²) in [5.41, 5.74) is 2.65. The van der Waals surface area contributed by atoms with Crippen molar-refractivity contribution >= 4 is 23.7 Å². The van der Waals surface area contributed by atoms with E-state index in [1.54, 1.807) is 6.07 Å². The molecule has 0 spiro atoms. The Bertz CT molecular complexity index is 705. The molecule has 1 aromatic carbocycles. The third kappa shape index (κ3) is 4.43. The van der Waals surface area contributed by atoms with Gasteiger partial charge in [0.15, 0.2) is 17.3 Å². The van der Waals surface area contributed by atoms with Crippen LogP contribution in [0.4, 0.5) is 8.78 Å². The summed E-state index contributed by atoms with van der Waals surface area (Å²) in [7, 11) is 1.28. The summed E-state index contributed by atoms with van der Waals surface area (Å²) in [6.07, 6.45) is 2.62. The average Bonchev–Trinajstić information content (AvgIpc) is 3.03. The molecule has 1 N–H and O–H groups in total. The van der Waals surface area contributed by atoms with Crippen LogP contribution in [0.15, 0.2) is 40.0 Å². The van der Waals surface area contributed by atoms with E-state index in [1.165, 1.54) is 37.8 Å². The minimum Gasteiger partial charge on any atom is -0.493 e. The zero-order chi connectivity index (χ0) is 16.8. The lowest BCUT2D eigenvalue weighted by molar-refractivity contribution is -0.0511. The highest BCUT2D eigenvalue weighted by molar-refractivity contribution is 6.32. The van der Waals surface area contributed by atoms with E-state index in [-0.39, 0.29) is 22.3 Å². The molecule has 0 aliphatic rings. The van der Waals surface area contributed by atoms with Gasteiger partial charge < -0.3 is 13.9 Å². The molecule has 2 aromatic rings. The molecule has 0 aliphatic heterocycles. The summed E-state index contributed by atoms with van der Waals surface area (Å²) < 4.78 is 38.8. The fraction of sp³-hybridized carbons (Fsp3) is 0.143. The van der Waals surface area contributed by atoms with E-state index in [1.807, 2.05) is 0 Å². The summed E-state index contributed by atoms with van der Waals surface area (Å²) >= 11 is 5.88. The molecule has 0 aliphatic carbocycles. The van der Waals surface area contributed by atoms with Crippen molar-refractivity contribution in [1.29, 1.82) is 0 Å². The van der Waals surface area contributed by atoms with Gasteiger partial charge >= 0.3 is 12.5 Å². The van der Waals surface area contributed by atoms with Crippen LogP contribution >= 0.6 is 11.6 Å². The largest absolute Gasteiger partial charge is 0.493 e. The topological polar surface area (TPSA) is 73.1 Å². The quantitative estimate of drug-likeness (QED) is 0.644. The second-order valence-corrected chi connectivity index (χ2v) is 4.50. The number of furan rings is 1. The zero-order valence-corrected chi connectivity index (χ0v) is 12.5. The summed E-state index contributed by atoms with van der Waals surface area (Å²) in [5.74, 6) is -0.710. The van der Waals surface area contributed by atoms with Crippen LogP contribution in [-0.2, 0) is 0 Å². The molecule has 0 radical (unpaired) electrons. The number of nitrogens with one attached hydrogen (secondary N) is 1. The highest BCUT2D eigenvalue weighted by atomic mass is 35.5. The van der Waals surface area contributed by atoms with Crippen LogP contribution in [0.2, 0.25) is 5.02 Å². The van der Waals surface area contributed by atoms with Crippen molar-refractivity contribution in [3.8, 4) is 11.5 Å². The maximum Gasteiger partial charge on any atom is 0.387 e. The third-order valence-electron chi connectivity index (χ3n) is 2.58. The minimum absolute atomic E-state index is 0.0108. The molecule has 23 heavy (non-hydrogen) atoms. The second kappa shape index (κ2) is 7.59. The summed E-state index contributed by atoms with van der Waals surface area (Å²) in [6.45, 7) is -3.03. The maximum absolute atomic E-state index is 12.3. The van der Waals surface area contributed by atoms with Gasteiger partial charge in [-0.3, -0.25) is 4.79 Å². The van der Waals surface area contributed by atoms with Gasteiger partial charge in [0, 0.05) is 0 Å². The summed E-state index contributed by atoms with van der Waals surface area (Å²) in [6, 6.07) is 5.75. The fourth-order valence-corrected chi connectivity index (χ4v) is 1.91. The first-order valence-electron chi connectivity index (χ1n) is 6.20. The number of ether oxygens (including phenoxy) is 2. The Labute approximate surface area is 134 Å². The van der Waals surface area contributed by atoms with Crippen molar-refractivity contribution in [1.82, 2.24) is 5.43 Å². The van der Waals surface area contributed by atoms with E-state index in [0.29, 0.717) is 5.56 Å². The van der Waals surface area contributed by atoms with Gasteiger partial charge in [-0.05, 0) is 29.8 Å². The summed E-state index contributed by atoms with van der Waals surface area (Å²) in [5, 5.41) is 3.64. The zero-order valence-electron chi connectivity index (χ0n) is 11.8. The minimum atomic E-state index is -3.03. The van der Waals surface area contributed by atoms with E-state index >= 15 is 0 Å². The molecule has 1 aromatic heterocycles. The highest BCUT2D eigenvalue weighted by Gasteiger charge is 2.15. The van der Waals surface area contributed by atoms with Crippen molar-refractivity contribution in [2.45, 2.75) is 6.61 Å². The number of hydrogen-bond acceptors (Lipinski definition) is 5. The number of methoxy groups -OCH3 is 1. The predicted molar refractivity (Wildman–Crippen MR) is 78.4 cm³/mol. The van der Waals surface area contributed by atoms with Crippen molar-refractivity contribution in [2.24, 2.45) is 5.10 Å². The highest BCUT2D eigenvalue weighted by Crippen LogP contribution is 2.37. The number of alkyl halides is 2. The SMILES string of the molecule is COc1cc(/C=N\NC(=O)c2ccco2)cc(Cl)c1OC(F)F. The van der Waals surface area contributed by atoms with Crippen LogP contribution < -0.4 is 14.9 Å². The van der Waals surface area contributed by atoms with Gasteiger partial charge in [0.25, 0.3) is 0 Å². The first-order chi connectivity index (χ1) is 11.0. The number of nitrogens with zero attached hydrogens (tertiary/aromatic N) is 1. The Kier molecular flexibility index (Phi) is 5.53. The van der Waals surface area contributed by atoms with Crippen LogP contribution in [0, 0.1) is 0 Å². The molecule has 1 amide bonds. The Hall–Kier alpha value is -2.61. The molecule has 2 rings (SSSR count). The van der Waals surface area contributed by atoms with Crippen LogP contribution in [0.5, 0.6) is 11.5 Å². The molecule has 0 fully saturated rings. The van der Waals surface area contributed by atoms with Crippen molar-refractivity contribution in [2.75, 3.05) is 7.11 Å². The van der Waals surface area contributed by atoms with Crippen molar-refractivity contribution in [3.05, 3.63) is 46.9 Å². The van der Waals surface area contributed by atoms with E-state index in [4.69, 9.17) is 20.8 Å². The molecule has 122 valence electrons. The van der Waals surface area contributed by atoms with E-state index in [2.05, 4.69) is 15.3 Å². The van der Waals surface area contributed by atoms with Gasteiger partial charge in [0.2, 0.25) is 0 Å². The lowest BCUT2D eigenvalue weighted by atomic mass is 10.2. The van der Waals surface area contributed by atoms with E-state index in [9.17, 15) is 13.6 Å². The normalized spacial score (nSPS) is 11.0. The number of carbonyl (C=O) groups is 1. The Morgan fingerprint density at radius 3 is 2.87 bits per heavy atom. The lowest BCUT2D eigenvalue weighted by Gasteiger charge is -2.12. The number of rotatable bonds is 6. The van der Waals surface area contributed by atoms with Gasteiger partial charge in [0.05, 0.1) is 24.6 Å². The predicted octanol–water partition coefficient (Wildman–Crippen LogP) is 3.31. The Balaban J connectivity index is 2.12. The van der Waals surface area contributed by atoms with Crippen LogP contribution in [0.3, 0.4) is 0 Å².